The largest absolute Gasteiger partial charge is 0.385 e. The van der Waals surface area contributed by atoms with E-state index in [9.17, 15) is 4.39 Å². The number of hydrogen-bond acceptors (Lipinski definition) is 4. The molecule has 1 aliphatic carbocycles. The van der Waals surface area contributed by atoms with E-state index in [1.54, 1.807) is 6.92 Å². The first-order chi connectivity index (χ1) is 11.3. The third kappa shape index (κ3) is 5.48. The fourth-order valence-electron chi connectivity index (χ4n) is 3.42. The molecule has 4 nitrogen and oxygen atoms in total. The SMILES string of the molecule is C=C(CC1CC(C)(F)C1)NCC1=CC(C)N(/C=C(\C)CNC)N=C1. The van der Waals surface area contributed by atoms with Gasteiger partial charge in [0.25, 0.3) is 0 Å². The zero-order valence-electron chi connectivity index (χ0n) is 15.4. The summed E-state index contributed by atoms with van der Waals surface area (Å²) in [6, 6.07) is 0.228. The van der Waals surface area contributed by atoms with Gasteiger partial charge in [-0.15, -0.1) is 0 Å². The van der Waals surface area contributed by atoms with E-state index in [4.69, 9.17) is 0 Å². The van der Waals surface area contributed by atoms with Crippen LogP contribution in [-0.4, -0.2) is 43.1 Å². The van der Waals surface area contributed by atoms with Gasteiger partial charge in [0.2, 0.25) is 0 Å². The molecule has 134 valence electrons. The van der Waals surface area contributed by atoms with E-state index in [0.717, 1.165) is 30.8 Å². The van der Waals surface area contributed by atoms with Crippen LogP contribution >= 0.6 is 0 Å². The van der Waals surface area contributed by atoms with E-state index in [-0.39, 0.29) is 6.04 Å². The molecule has 1 atom stereocenters. The van der Waals surface area contributed by atoms with Crippen molar-refractivity contribution in [3.63, 3.8) is 0 Å². The molecule has 1 fully saturated rings. The van der Waals surface area contributed by atoms with Crippen molar-refractivity contribution in [2.45, 2.75) is 51.7 Å². The van der Waals surface area contributed by atoms with Crippen molar-refractivity contribution in [3.05, 3.63) is 35.7 Å². The number of nitrogens with zero attached hydrogens (tertiary/aromatic N) is 2. The highest BCUT2D eigenvalue weighted by atomic mass is 19.1. The summed E-state index contributed by atoms with van der Waals surface area (Å²) in [5, 5.41) is 13.0. The Morgan fingerprint density at radius 2 is 2.25 bits per heavy atom. The van der Waals surface area contributed by atoms with Gasteiger partial charge in [-0.1, -0.05) is 12.7 Å². The number of likely N-dealkylation sites (N-methyl/N-ethyl adjacent to an activating group) is 1. The molecule has 2 rings (SSSR count). The molecule has 1 unspecified atom stereocenters. The van der Waals surface area contributed by atoms with Crippen LogP contribution in [0.2, 0.25) is 0 Å². The minimum Gasteiger partial charge on any atom is -0.385 e. The van der Waals surface area contributed by atoms with Crippen molar-refractivity contribution < 1.29 is 4.39 Å². The highest BCUT2D eigenvalue weighted by molar-refractivity contribution is 5.80. The smallest absolute Gasteiger partial charge is 0.108 e. The first-order valence-electron chi connectivity index (χ1n) is 8.74. The third-order valence-electron chi connectivity index (χ3n) is 4.54. The number of rotatable bonds is 8. The zero-order chi connectivity index (χ0) is 17.7. The Bertz CT molecular complexity index is 540. The standard InChI is InChI=1S/C19H31FN4/c1-14(10-21-5)13-24-16(3)7-18(12-23-24)11-22-15(2)6-17-8-19(4,20)9-17/h7,12-13,16-17,21-22H,2,6,8-11H2,1,3-5H3/b14-13+. The monoisotopic (exact) mass is 334 g/mol. The number of nitrogens with one attached hydrogen (secondary N) is 2. The van der Waals surface area contributed by atoms with Gasteiger partial charge in [0, 0.05) is 25.0 Å². The molecule has 1 aliphatic heterocycles. The van der Waals surface area contributed by atoms with Gasteiger partial charge in [0.05, 0.1) is 12.3 Å². The number of halogens is 1. The predicted molar refractivity (Wildman–Crippen MR) is 99.6 cm³/mol. The van der Waals surface area contributed by atoms with Gasteiger partial charge in [-0.05, 0) is 64.1 Å². The van der Waals surface area contributed by atoms with E-state index in [2.05, 4.69) is 48.4 Å². The lowest BCUT2D eigenvalue weighted by Crippen LogP contribution is -2.37. The van der Waals surface area contributed by atoms with Crippen molar-refractivity contribution in [1.29, 1.82) is 0 Å². The van der Waals surface area contributed by atoms with Crippen LogP contribution in [0.25, 0.3) is 0 Å². The molecule has 2 aliphatic rings. The summed E-state index contributed by atoms with van der Waals surface area (Å²) in [5.74, 6) is 0.434. The molecule has 0 bridgehead atoms. The quantitative estimate of drug-likeness (QED) is 0.715. The molecule has 1 heterocycles. The number of hydrazone groups is 1. The summed E-state index contributed by atoms with van der Waals surface area (Å²) in [6.45, 7) is 11.6. The van der Waals surface area contributed by atoms with Gasteiger partial charge < -0.3 is 10.6 Å². The molecule has 1 saturated carbocycles. The van der Waals surface area contributed by atoms with Gasteiger partial charge in [-0.25, -0.2) is 4.39 Å². The van der Waals surface area contributed by atoms with Crippen LogP contribution in [0, 0.1) is 5.92 Å². The Morgan fingerprint density at radius 3 is 2.83 bits per heavy atom. The number of alkyl halides is 1. The average molecular weight is 334 g/mol. The minimum atomic E-state index is -0.957. The highest BCUT2D eigenvalue weighted by Gasteiger charge is 2.40. The summed E-state index contributed by atoms with van der Waals surface area (Å²) in [6.07, 6.45) is 8.34. The molecule has 0 aromatic carbocycles. The van der Waals surface area contributed by atoms with E-state index < -0.39 is 5.67 Å². The molecule has 24 heavy (non-hydrogen) atoms. The average Bonchev–Trinajstić information content (AvgIpc) is 2.46. The van der Waals surface area contributed by atoms with Crippen molar-refractivity contribution in [2.75, 3.05) is 20.1 Å². The third-order valence-corrected chi connectivity index (χ3v) is 4.54. The Kier molecular flexibility index (Phi) is 6.21. The molecule has 0 aromatic rings. The van der Waals surface area contributed by atoms with Crippen molar-refractivity contribution >= 4 is 6.21 Å². The minimum absolute atomic E-state index is 0.228. The Balaban J connectivity index is 1.75. The maximum absolute atomic E-state index is 13.5. The van der Waals surface area contributed by atoms with Crippen LogP contribution in [0.5, 0.6) is 0 Å². The van der Waals surface area contributed by atoms with Crippen LogP contribution in [-0.2, 0) is 0 Å². The molecule has 2 N–H and O–H groups in total. The van der Waals surface area contributed by atoms with Gasteiger partial charge >= 0.3 is 0 Å². The summed E-state index contributed by atoms with van der Waals surface area (Å²) < 4.78 is 13.5. The van der Waals surface area contributed by atoms with Gasteiger partial charge in [0.15, 0.2) is 0 Å². The maximum Gasteiger partial charge on any atom is 0.108 e. The Morgan fingerprint density at radius 1 is 1.54 bits per heavy atom. The zero-order valence-corrected chi connectivity index (χ0v) is 15.4. The summed E-state index contributed by atoms with van der Waals surface area (Å²) in [7, 11) is 1.94. The number of hydrogen-bond donors (Lipinski definition) is 2. The van der Waals surface area contributed by atoms with Crippen molar-refractivity contribution in [1.82, 2.24) is 15.6 Å². The number of allylic oxidation sites excluding steroid dienone is 1. The summed E-state index contributed by atoms with van der Waals surface area (Å²) >= 11 is 0. The van der Waals surface area contributed by atoms with Crippen LogP contribution < -0.4 is 10.6 Å². The highest BCUT2D eigenvalue weighted by Crippen LogP contribution is 2.43. The fraction of sp³-hybridized carbons (Fsp3) is 0.632. The molecule has 0 spiro atoms. The van der Waals surface area contributed by atoms with Crippen molar-refractivity contribution in [3.8, 4) is 0 Å². The Hall–Kier alpha value is -1.62. The molecule has 0 radical (unpaired) electrons. The lowest BCUT2D eigenvalue weighted by Gasteiger charge is -2.39. The topological polar surface area (TPSA) is 39.7 Å². The molecule has 0 aromatic heterocycles. The van der Waals surface area contributed by atoms with E-state index in [0.29, 0.717) is 18.8 Å². The van der Waals surface area contributed by atoms with Gasteiger partial charge in [0.1, 0.15) is 5.67 Å². The van der Waals surface area contributed by atoms with Gasteiger partial charge in [-0.3, -0.25) is 5.01 Å². The van der Waals surface area contributed by atoms with Crippen LogP contribution in [0.3, 0.4) is 0 Å². The van der Waals surface area contributed by atoms with Crippen LogP contribution in [0.15, 0.2) is 40.8 Å². The lowest BCUT2D eigenvalue weighted by atomic mass is 9.71. The van der Waals surface area contributed by atoms with Gasteiger partial charge in [-0.2, -0.15) is 5.10 Å². The second-order valence-corrected chi connectivity index (χ2v) is 7.46. The molecule has 0 amide bonds. The lowest BCUT2D eigenvalue weighted by molar-refractivity contribution is 0.0252. The first-order valence-corrected chi connectivity index (χ1v) is 8.74. The van der Waals surface area contributed by atoms with Crippen molar-refractivity contribution in [2.24, 2.45) is 11.0 Å². The van der Waals surface area contributed by atoms with E-state index >= 15 is 0 Å². The first kappa shape index (κ1) is 18.7. The normalized spacial score (nSPS) is 30.0. The Labute approximate surface area is 145 Å². The molecule has 0 saturated heterocycles. The second kappa shape index (κ2) is 7.97. The van der Waals surface area contributed by atoms with E-state index in [1.165, 1.54) is 5.57 Å². The maximum atomic E-state index is 13.5. The predicted octanol–water partition coefficient (Wildman–Crippen LogP) is 3.36. The van der Waals surface area contributed by atoms with Crippen LogP contribution in [0.4, 0.5) is 4.39 Å². The molecular weight excluding hydrogens is 303 g/mol. The second-order valence-electron chi connectivity index (χ2n) is 7.46. The molecular formula is C19H31FN4. The molecule has 5 heteroatoms. The van der Waals surface area contributed by atoms with E-state index in [1.807, 2.05) is 18.3 Å². The summed E-state index contributed by atoms with van der Waals surface area (Å²) in [5.41, 5.74) is 2.43. The fourth-order valence-corrected chi connectivity index (χ4v) is 3.42. The van der Waals surface area contributed by atoms with Crippen LogP contribution in [0.1, 0.15) is 40.0 Å². The summed E-state index contributed by atoms with van der Waals surface area (Å²) in [4.78, 5) is 0.